The molecule has 0 amide bonds. The molecule has 0 aromatic rings. The highest BCUT2D eigenvalue weighted by Gasteiger charge is 2.35. The molecule has 0 heterocycles. The molecule has 2 atom stereocenters. The van der Waals surface area contributed by atoms with Crippen LogP contribution in [0.15, 0.2) is 0 Å². The number of rotatable bonds is 7. The summed E-state index contributed by atoms with van der Waals surface area (Å²) in [5, 5.41) is 3.58. The van der Waals surface area contributed by atoms with E-state index in [1.54, 1.807) is 0 Å². The average Bonchev–Trinajstić information content (AvgIpc) is 3.12. The summed E-state index contributed by atoms with van der Waals surface area (Å²) in [6.07, 6.45) is 8.39. The summed E-state index contributed by atoms with van der Waals surface area (Å²) in [6, 6.07) is 0.742. The summed E-state index contributed by atoms with van der Waals surface area (Å²) >= 11 is 0. The molecule has 2 rings (SSSR count). The molecule has 0 radical (unpaired) electrons. The van der Waals surface area contributed by atoms with Crippen molar-refractivity contribution in [1.82, 2.24) is 10.2 Å². The predicted octanol–water partition coefficient (Wildman–Crippen LogP) is 3.52. The van der Waals surface area contributed by atoms with E-state index in [9.17, 15) is 0 Å². The van der Waals surface area contributed by atoms with Gasteiger partial charge in [0.2, 0.25) is 0 Å². The van der Waals surface area contributed by atoms with Crippen LogP contribution in [0.5, 0.6) is 0 Å². The SMILES string of the molecule is CCCN(CC1CC1)CC1CC(C)(C)CCC1NC. The maximum absolute atomic E-state index is 3.58. The molecule has 1 N–H and O–H groups in total. The first-order valence-electron chi connectivity index (χ1n) is 8.43. The van der Waals surface area contributed by atoms with E-state index in [2.05, 4.69) is 38.0 Å². The lowest BCUT2D eigenvalue weighted by Crippen LogP contribution is -2.47. The van der Waals surface area contributed by atoms with E-state index < -0.39 is 0 Å². The van der Waals surface area contributed by atoms with Crippen LogP contribution in [-0.2, 0) is 0 Å². The topological polar surface area (TPSA) is 15.3 Å². The molecule has 2 aliphatic carbocycles. The van der Waals surface area contributed by atoms with E-state index in [1.165, 1.54) is 58.2 Å². The molecule has 2 heteroatoms. The van der Waals surface area contributed by atoms with Gasteiger partial charge in [0.25, 0.3) is 0 Å². The third-order valence-corrected chi connectivity index (χ3v) is 5.13. The minimum absolute atomic E-state index is 0.551. The zero-order valence-corrected chi connectivity index (χ0v) is 13.5. The zero-order chi connectivity index (χ0) is 13.9. The normalized spacial score (nSPS) is 30.8. The Hall–Kier alpha value is -0.0800. The van der Waals surface area contributed by atoms with Crippen molar-refractivity contribution in [3.8, 4) is 0 Å². The molecule has 2 aliphatic rings. The van der Waals surface area contributed by atoms with Gasteiger partial charge in [0.1, 0.15) is 0 Å². The van der Waals surface area contributed by atoms with Crippen LogP contribution in [0.2, 0.25) is 0 Å². The van der Waals surface area contributed by atoms with Crippen molar-refractivity contribution >= 4 is 0 Å². The molecule has 19 heavy (non-hydrogen) atoms. The Labute approximate surface area is 120 Å². The molecule has 2 unspecified atom stereocenters. The van der Waals surface area contributed by atoms with Crippen molar-refractivity contribution in [2.24, 2.45) is 17.3 Å². The number of nitrogens with zero attached hydrogens (tertiary/aromatic N) is 1. The minimum Gasteiger partial charge on any atom is -0.317 e. The Morgan fingerprint density at radius 3 is 2.47 bits per heavy atom. The van der Waals surface area contributed by atoms with E-state index in [0.29, 0.717) is 5.41 Å². The first-order valence-corrected chi connectivity index (χ1v) is 8.43. The van der Waals surface area contributed by atoms with Crippen LogP contribution in [0.25, 0.3) is 0 Å². The summed E-state index contributed by atoms with van der Waals surface area (Å²) < 4.78 is 0. The second-order valence-corrected chi connectivity index (χ2v) is 7.77. The van der Waals surface area contributed by atoms with Crippen LogP contribution >= 0.6 is 0 Å². The van der Waals surface area contributed by atoms with Crippen molar-refractivity contribution in [3.63, 3.8) is 0 Å². The van der Waals surface area contributed by atoms with Gasteiger partial charge in [0, 0.05) is 19.1 Å². The van der Waals surface area contributed by atoms with Crippen LogP contribution in [0.1, 0.15) is 59.3 Å². The molecular formula is C17H34N2. The molecular weight excluding hydrogens is 232 g/mol. The maximum Gasteiger partial charge on any atom is 0.0105 e. The van der Waals surface area contributed by atoms with Gasteiger partial charge >= 0.3 is 0 Å². The second kappa shape index (κ2) is 6.58. The number of hydrogen-bond acceptors (Lipinski definition) is 2. The third-order valence-electron chi connectivity index (χ3n) is 5.13. The van der Waals surface area contributed by atoms with Gasteiger partial charge in [-0.1, -0.05) is 20.8 Å². The minimum atomic E-state index is 0.551. The summed E-state index contributed by atoms with van der Waals surface area (Å²) in [7, 11) is 2.15. The first kappa shape index (κ1) is 15.3. The molecule has 2 saturated carbocycles. The molecule has 2 nitrogen and oxygen atoms in total. The molecule has 0 saturated heterocycles. The van der Waals surface area contributed by atoms with Gasteiger partial charge in [0.05, 0.1) is 0 Å². The monoisotopic (exact) mass is 266 g/mol. The van der Waals surface area contributed by atoms with Crippen molar-refractivity contribution in [2.75, 3.05) is 26.7 Å². The molecule has 0 aliphatic heterocycles. The van der Waals surface area contributed by atoms with Crippen LogP contribution in [0.4, 0.5) is 0 Å². The van der Waals surface area contributed by atoms with E-state index in [-0.39, 0.29) is 0 Å². The fourth-order valence-corrected chi connectivity index (χ4v) is 3.88. The highest BCUT2D eigenvalue weighted by atomic mass is 15.1. The maximum atomic E-state index is 3.58. The largest absolute Gasteiger partial charge is 0.317 e. The number of hydrogen-bond donors (Lipinski definition) is 1. The summed E-state index contributed by atoms with van der Waals surface area (Å²) in [5.41, 5.74) is 0.551. The Balaban J connectivity index is 1.91. The van der Waals surface area contributed by atoms with Gasteiger partial charge < -0.3 is 10.2 Å². The van der Waals surface area contributed by atoms with Gasteiger partial charge in [-0.3, -0.25) is 0 Å². The van der Waals surface area contributed by atoms with Gasteiger partial charge in [-0.25, -0.2) is 0 Å². The average molecular weight is 266 g/mol. The predicted molar refractivity (Wildman–Crippen MR) is 83.4 cm³/mol. The molecule has 2 fully saturated rings. The van der Waals surface area contributed by atoms with Gasteiger partial charge in [-0.2, -0.15) is 0 Å². The molecule has 112 valence electrons. The van der Waals surface area contributed by atoms with E-state index in [4.69, 9.17) is 0 Å². The second-order valence-electron chi connectivity index (χ2n) is 7.77. The fourth-order valence-electron chi connectivity index (χ4n) is 3.88. The highest BCUT2D eigenvalue weighted by Crippen LogP contribution is 2.39. The lowest BCUT2D eigenvalue weighted by atomic mass is 9.69. The van der Waals surface area contributed by atoms with Crippen LogP contribution in [0.3, 0.4) is 0 Å². The molecule has 0 aromatic heterocycles. The Morgan fingerprint density at radius 1 is 1.16 bits per heavy atom. The van der Waals surface area contributed by atoms with Crippen molar-refractivity contribution in [1.29, 1.82) is 0 Å². The molecule has 0 bridgehead atoms. The standard InChI is InChI=1S/C17H34N2/c1-5-10-19(12-14-6-7-14)13-15-11-17(2,3)9-8-16(15)18-4/h14-16,18H,5-13H2,1-4H3. The van der Waals surface area contributed by atoms with Crippen molar-refractivity contribution in [2.45, 2.75) is 65.3 Å². The van der Waals surface area contributed by atoms with E-state index >= 15 is 0 Å². The number of nitrogens with one attached hydrogen (secondary N) is 1. The quantitative estimate of drug-likeness (QED) is 0.758. The lowest BCUT2D eigenvalue weighted by molar-refractivity contribution is 0.101. The lowest BCUT2D eigenvalue weighted by Gasteiger charge is -2.42. The van der Waals surface area contributed by atoms with Gasteiger partial charge in [-0.05, 0) is 69.4 Å². The fraction of sp³-hybridized carbons (Fsp3) is 1.00. The van der Waals surface area contributed by atoms with Crippen molar-refractivity contribution in [3.05, 3.63) is 0 Å². The van der Waals surface area contributed by atoms with Crippen LogP contribution < -0.4 is 5.32 Å². The summed E-state index contributed by atoms with van der Waals surface area (Å²) in [5.74, 6) is 1.87. The van der Waals surface area contributed by atoms with Gasteiger partial charge in [-0.15, -0.1) is 0 Å². The summed E-state index contributed by atoms with van der Waals surface area (Å²) in [6.45, 7) is 11.2. The van der Waals surface area contributed by atoms with Crippen LogP contribution in [-0.4, -0.2) is 37.6 Å². The van der Waals surface area contributed by atoms with E-state index in [0.717, 1.165) is 17.9 Å². The third kappa shape index (κ3) is 4.75. The van der Waals surface area contributed by atoms with Crippen molar-refractivity contribution < 1.29 is 0 Å². The Morgan fingerprint density at radius 2 is 1.89 bits per heavy atom. The van der Waals surface area contributed by atoms with Gasteiger partial charge in [0.15, 0.2) is 0 Å². The van der Waals surface area contributed by atoms with Crippen LogP contribution in [0, 0.1) is 17.3 Å². The molecule has 0 spiro atoms. The highest BCUT2D eigenvalue weighted by molar-refractivity contribution is 4.90. The summed E-state index contributed by atoms with van der Waals surface area (Å²) in [4.78, 5) is 2.76. The Kier molecular flexibility index (Phi) is 5.30. The van der Waals surface area contributed by atoms with E-state index in [1.807, 2.05) is 0 Å². The zero-order valence-electron chi connectivity index (χ0n) is 13.5. The first-order chi connectivity index (χ1) is 9.04. The Bertz CT molecular complexity index is 270. The molecule has 0 aromatic carbocycles. The smallest absolute Gasteiger partial charge is 0.0105 e.